The average molecular weight is 359 g/mol. The Morgan fingerprint density at radius 3 is 2.77 bits per heavy atom. The van der Waals surface area contributed by atoms with Crippen LogP contribution in [0.4, 0.5) is 4.79 Å². The SMILES string of the molecule is CN1C[C@]2(CCCN(C(=O)Cn3c(=O)oc4ccccc43)CC2)OC1=O. The Hall–Kier alpha value is -2.77. The maximum absolute atomic E-state index is 12.8. The second kappa shape index (κ2) is 6.19. The molecule has 8 nitrogen and oxygen atoms in total. The van der Waals surface area contributed by atoms with Crippen molar-refractivity contribution in [3.8, 4) is 0 Å². The number of hydrogen-bond acceptors (Lipinski definition) is 5. The van der Waals surface area contributed by atoms with Crippen LogP contribution in [0.2, 0.25) is 0 Å². The summed E-state index contributed by atoms with van der Waals surface area (Å²) in [5.41, 5.74) is 0.588. The molecule has 2 fully saturated rings. The summed E-state index contributed by atoms with van der Waals surface area (Å²) in [4.78, 5) is 39.9. The van der Waals surface area contributed by atoms with Crippen molar-refractivity contribution in [3.05, 3.63) is 34.8 Å². The fourth-order valence-electron chi connectivity index (χ4n) is 3.87. The molecule has 138 valence electrons. The first kappa shape index (κ1) is 16.7. The molecule has 0 bridgehead atoms. The van der Waals surface area contributed by atoms with E-state index in [0.29, 0.717) is 37.2 Å². The Kier molecular flexibility index (Phi) is 3.97. The van der Waals surface area contributed by atoms with Crippen molar-refractivity contribution in [2.24, 2.45) is 0 Å². The number of rotatable bonds is 2. The van der Waals surface area contributed by atoms with Crippen LogP contribution in [0.3, 0.4) is 0 Å². The molecular formula is C18H21N3O5. The van der Waals surface area contributed by atoms with Gasteiger partial charge in [-0.15, -0.1) is 0 Å². The third-order valence-electron chi connectivity index (χ3n) is 5.26. The van der Waals surface area contributed by atoms with Gasteiger partial charge in [-0.2, -0.15) is 0 Å². The van der Waals surface area contributed by atoms with Crippen LogP contribution in [0.25, 0.3) is 11.1 Å². The number of nitrogens with zero attached hydrogens (tertiary/aromatic N) is 3. The van der Waals surface area contributed by atoms with Crippen LogP contribution in [-0.2, 0) is 16.1 Å². The smallest absolute Gasteiger partial charge is 0.420 e. The number of fused-ring (bicyclic) bond motifs is 1. The molecule has 8 heteroatoms. The zero-order valence-electron chi connectivity index (χ0n) is 14.6. The molecule has 1 aromatic heterocycles. The van der Waals surface area contributed by atoms with E-state index in [2.05, 4.69) is 0 Å². The molecule has 2 aliphatic rings. The van der Waals surface area contributed by atoms with Gasteiger partial charge in [0.25, 0.3) is 0 Å². The Morgan fingerprint density at radius 1 is 1.19 bits per heavy atom. The lowest BCUT2D eigenvalue weighted by Crippen LogP contribution is -2.38. The molecule has 1 spiro atoms. The number of oxazole rings is 1. The monoisotopic (exact) mass is 359 g/mol. The molecule has 2 saturated heterocycles. The molecule has 2 amide bonds. The molecule has 26 heavy (non-hydrogen) atoms. The summed E-state index contributed by atoms with van der Waals surface area (Å²) in [5.74, 6) is -0.662. The van der Waals surface area contributed by atoms with E-state index >= 15 is 0 Å². The van der Waals surface area contributed by atoms with Crippen molar-refractivity contribution in [3.63, 3.8) is 0 Å². The number of para-hydroxylation sites is 2. The fraction of sp³-hybridized carbons (Fsp3) is 0.500. The van der Waals surface area contributed by atoms with Crippen LogP contribution < -0.4 is 5.76 Å². The first-order valence-corrected chi connectivity index (χ1v) is 8.78. The van der Waals surface area contributed by atoms with Gasteiger partial charge < -0.3 is 19.0 Å². The minimum atomic E-state index is -0.530. The lowest BCUT2D eigenvalue weighted by molar-refractivity contribution is -0.131. The predicted octanol–water partition coefficient (Wildman–Crippen LogP) is 1.43. The Balaban J connectivity index is 1.48. The van der Waals surface area contributed by atoms with Gasteiger partial charge in [-0.25, -0.2) is 9.59 Å². The Morgan fingerprint density at radius 2 is 2.00 bits per heavy atom. The number of aromatic nitrogens is 1. The van der Waals surface area contributed by atoms with E-state index in [1.165, 1.54) is 4.57 Å². The van der Waals surface area contributed by atoms with Crippen LogP contribution in [0.1, 0.15) is 19.3 Å². The van der Waals surface area contributed by atoms with E-state index in [-0.39, 0.29) is 18.5 Å². The number of carbonyl (C=O) groups excluding carboxylic acids is 2. The van der Waals surface area contributed by atoms with Crippen molar-refractivity contribution in [2.75, 3.05) is 26.7 Å². The summed E-state index contributed by atoms with van der Waals surface area (Å²) in [6, 6.07) is 7.06. The number of amides is 2. The maximum atomic E-state index is 12.8. The third-order valence-corrected chi connectivity index (χ3v) is 5.26. The lowest BCUT2D eigenvalue weighted by atomic mass is 9.95. The summed E-state index contributed by atoms with van der Waals surface area (Å²) in [7, 11) is 1.72. The van der Waals surface area contributed by atoms with Gasteiger partial charge in [-0.3, -0.25) is 9.36 Å². The van der Waals surface area contributed by atoms with Gasteiger partial charge in [0.1, 0.15) is 12.1 Å². The molecule has 0 saturated carbocycles. The summed E-state index contributed by atoms with van der Waals surface area (Å²) in [6.45, 7) is 1.60. The van der Waals surface area contributed by atoms with E-state index in [0.717, 1.165) is 12.8 Å². The maximum Gasteiger partial charge on any atom is 0.420 e. The van der Waals surface area contributed by atoms with Crippen LogP contribution in [0.5, 0.6) is 0 Å². The third kappa shape index (κ3) is 2.85. The minimum absolute atomic E-state index is 0.0530. The van der Waals surface area contributed by atoms with E-state index in [9.17, 15) is 14.4 Å². The molecule has 2 aromatic rings. The molecule has 2 aliphatic heterocycles. The highest BCUT2D eigenvalue weighted by Crippen LogP contribution is 2.32. The number of likely N-dealkylation sites (tertiary alicyclic amines) is 1. The van der Waals surface area contributed by atoms with Gasteiger partial charge in [-0.1, -0.05) is 12.1 Å². The topological polar surface area (TPSA) is 85.0 Å². The summed E-state index contributed by atoms with van der Waals surface area (Å²) < 4.78 is 12.1. The van der Waals surface area contributed by atoms with Gasteiger partial charge in [0.05, 0.1) is 12.1 Å². The molecule has 3 heterocycles. The predicted molar refractivity (Wildman–Crippen MR) is 92.7 cm³/mol. The normalized spacial score (nSPS) is 23.5. The molecule has 4 rings (SSSR count). The van der Waals surface area contributed by atoms with Crippen molar-refractivity contribution < 1.29 is 18.7 Å². The highest BCUT2D eigenvalue weighted by Gasteiger charge is 2.44. The van der Waals surface area contributed by atoms with Crippen molar-refractivity contribution >= 4 is 23.1 Å². The number of carbonyl (C=O) groups is 2. The first-order chi connectivity index (χ1) is 12.5. The molecular weight excluding hydrogens is 338 g/mol. The second-order valence-electron chi connectivity index (χ2n) is 7.06. The zero-order valence-corrected chi connectivity index (χ0v) is 14.6. The Labute approximate surface area is 149 Å². The zero-order chi connectivity index (χ0) is 18.3. The highest BCUT2D eigenvalue weighted by atomic mass is 16.6. The van der Waals surface area contributed by atoms with Crippen molar-refractivity contribution in [1.82, 2.24) is 14.4 Å². The van der Waals surface area contributed by atoms with Crippen molar-refractivity contribution in [1.29, 1.82) is 0 Å². The summed E-state index contributed by atoms with van der Waals surface area (Å²) in [6.07, 6.45) is 1.80. The van der Waals surface area contributed by atoms with E-state index < -0.39 is 11.4 Å². The van der Waals surface area contributed by atoms with Crippen LogP contribution in [0.15, 0.2) is 33.5 Å². The van der Waals surface area contributed by atoms with E-state index in [1.54, 1.807) is 41.1 Å². The van der Waals surface area contributed by atoms with Crippen LogP contribution in [0, 0.1) is 0 Å². The minimum Gasteiger partial charge on any atom is -0.441 e. The molecule has 0 radical (unpaired) electrons. The number of hydrogen-bond donors (Lipinski definition) is 0. The highest BCUT2D eigenvalue weighted by molar-refractivity contribution is 5.79. The van der Waals surface area contributed by atoms with E-state index in [4.69, 9.17) is 9.15 Å². The second-order valence-corrected chi connectivity index (χ2v) is 7.06. The van der Waals surface area contributed by atoms with Gasteiger partial charge in [-0.05, 0) is 25.0 Å². The van der Waals surface area contributed by atoms with E-state index in [1.807, 2.05) is 0 Å². The average Bonchev–Trinajstić information content (AvgIpc) is 2.97. The molecule has 0 unspecified atom stereocenters. The number of likely N-dealkylation sites (N-methyl/N-ethyl adjacent to an activating group) is 1. The number of ether oxygens (including phenoxy) is 1. The first-order valence-electron chi connectivity index (χ1n) is 8.78. The summed E-state index contributed by atoms with van der Waals surface area (Å²) in [5, 5.41) is 0. The largest absolute Gasteiger partial charge is 0.441 e. The molecule has 0 aliphatic carbocycles. The van der Waals surface area contributed by atoms with Gasteiger partial charge in [0, 0.05) is 26.6 Å². The molecule has 0 N–H and O–H groups in total. The van der Waals surface area contributed by atoms with Crippen LogP contribution in [-0.4, -0.2) is 58.7 Å². The quantitative estimate of drug-likeness (QED) is 0.810. The number of benzene rings is 1. The molecule has 1 aromatic carbocycles. The lowest BCUT2D eigenvalue weighted by Gasteiger charge is -2.25. The van der Waals surface area contributed by atoms with Crippen molar-refractivity contribution in [2.45, 2.75) is 31.4 Å². The van der Waals surface area contributed by atoms with Gasteiger partial charge in [0.15, 0.2) is 5.58 Å². The van der Waals surface area contributed by atoms with Gasteiger partial charge >= 0.3 is 11.8 Å². The standard InChI is InChI=1S/C18H21N3O5/c1-19-12-18(26-16(19)23)7-4-9-20(10-8-18)15(22)11-21-13-5-2-3-6-14(13)25-17(21)24/h2-3,5-6H,4,7-12H2,1H3/t18-/m1/s1. The summed E-state index contributed by atoms with van der Waals surface area (Å²) >= 11 is 0. The fourth-order valence-corrected chi connectivity index (χ4v) is 3.87. The Bertz CT molecular complexity index is 917. The van der Waals surface area contributed by atoms with Crippen LogP contribution >= 0.6 is 0 Å². The van der Waals surface area contributed by atoms with Gasteiger partial charge in [0.2, 0.25) is 5.91 Å². The molecule has 1 atom stereocenters.